The summed E-state index contributed by atoms with van der Waals surface area (Å²) < 4.78 is 0. The van der Waals surface area contributed by atoms with Crippen molar-refractivity contribution in [2.45, 2.75) is 6.04 Å². The first-order valence-corrected chi connectivity index (χ1v) is 5.14. The minimum Gasteiger partial charge on any atom is -0.395 e. The fourth-order valence-corrected chi connectivity index (χ4v) is 1.63. The Morgan fingerprint density at radius 1 is 1.35 bits per heavy atom. The molecule has 0 saturated heterocycles. The number of rotatable bonds is 6. The second kappa shape index (κ2) is 6.24. The van der Waals surface area contributed by atoms with Gasteiger partial charge in [-0.25, -0.2) is 0 Å². The highest BCUT2D eigenvalue weighted by molar-refractivity contribution is 5.97. The smallest absolute Gasteiger partial charge is 0.272 e. The Morgan fingerprint density at radius 2 is 1.94 bits per heavy atom. The molecule has 17 heavy (non-hydrogen) atoms. The zero-order valence-corrected chi connectivity index (χ0v) is 9.15. The Hall–Kier alpha value is -1.57. The molecule has 2 N–H and O–H groups in total. The number of allylic oxidation sites excluding steroid dienone is 1. The van der Waals surface area contributed by atoms with Crippen molar-refractivity contribution in [1.29, 1.82) is 0 Å². The van der Waals surface area contributed by atoms with Crippen LogP contribution in [0.4, 0.5) is 0 Å². The van der Waals surface area contributed by atoms with Gasteiger partial charge in [-0.2, -0.15) is 0 Å². The fraction of sp³-hybridized carbons (Fsp3) is 0.500. The molecule has 0 fully saturated rings. The second-order valence-electron chi connectivity index (χ2n) is 3.52. The van der Waals surface area contributed by atoms with Gasteiger partial charge in [0.05, 0.1) is 30.3 Å². The van der Waals surface area contributed by atoms with E-state index in [9.17, 15) is 14.9 Å². The standard InChI is InChI=1S/C10H14N2O5/c13-5-3-11(4-6-14)9-2-1-8(12(16)17)7-10(9)15/h1-2,7,9,13-14H,3-6H2. The summed E-state index contributed by atoms with van der Waals surface area (Å²) in [5.74, 6) is -0.416. The molecule has 0 saturated carbocycles. The average Bonchev–Trinajstić information content (AvgIpc) is 2.28. The van der Waals surface area contributed by atoms with Crippen LogP contribution in [0.1, 0.15) is 0 Å². The summed E-state index contributed by atoms with van der Waals surface area (Å²) in [6, 6.07) is -0.655. The maximum absolute atomic E-state index is 11.7. The van der Waals surface area contributed by atoms with Crippen molar-refractivity contribution in [3.8, 4) is 0 Å². The maximum Gasteiger partial charge on any atom is 0.272 e. The van der Waals surface area contributed by atoms with E-state index in [0.29, 0.717) is 0 Å². The molecule has 0 spiro atoms. The van der Waals surface area contributed by atoms with Gasteiger partial charge in [0, 0.05) is 19.2 Å². The van der Waals surface area contributed by atoms with Crippen molar-refractivity contribution >= 4 is 5.78 Å². The van der Waals surface area contributed by atoms with Crippen LogP contribution in [0, 0.1) is 10.1 Å². The Balaban J connectivity index is 2.78. The fourth-order valence-electron chi connectivity index (χ4n) is 1.63. The van der Waals surface area contributed by atoms with E-state index in [1.165, 1.54) is 12.2 Å². The lowest BCUT2D eigenvalue weighted by molar-refractivity contribution is -0.419. The van der Waals surface area contributed by atoms with Crippen LogP contribution in [0.5, 0.6) is 0 Å². The molecule has 7 nitrogen and oxygen atoms in total. The van der Waals surface area contributed by atoms with Gasteiger partial charge in [0.25, 0.3) is 5.70 Å². The van der Waals surface area contributed by atoms with E-state index in [2.05, 4.69) is 0 Å². The number of carbonyl (C=O) groups is 1. The van der Waals surface area contributed by atoms with E-state index >= 15 is 0 Å². The zero-order valence-electron chi connectivity index (χ0n) is 9.15. The summed E-state index contributed by atoms with van der Waals surface area (Å²) in [5.41, 5.74) is -0.251. The van der Waals surface area contributed by atoms with Gasteiger partial charge in [0.15, 0.2) is 5.78 Å². The van der Waals surface area contributed by atoms with E-state index < -0.39 is 16.7 Å². The molecule has 1 unspecified atom stereocenters. The minimum atomic E-state index is -0.655. The molecule has 7 heteroatoms. The number of nitro groups is 1. The topological polar surface area (TPSA) is 104 Å². The Morgan fingerprint density at radius 3 is 2.35 bits per heavy atom. The third-order valence-electron chi connectivity index (χ3n) is 2.41. The predicted molar refractivity (Wildman–Crippen MR) is 58.8 cm³/mol. The van der Waals surface area contributed by atoms with Gasteiger partial charge in [-0.3, -0.25) is 19.8 Å². The SMILES string of the molecule is O=C1C=C([N+](=O)[O-])C=CC1N(CCO)CCO. The molecule has 1 rings (SSSR count). The zero-order chi connectivity index (χ0) is 12.8. The van der Waals surface area contributed by atoms with Crippen LogP contribution in [0.25, 0.3) is 0 Å². The average molecular weight is 242 g/mol. The molecule has 0 radical (unpaired) electrons. The molecule has 94 valence electrons. The number of carbonyl (C=O) groups excluding carboxylic acids is 1. The molecular formula is C10H14N2O5. The van der Waals surface area contributed by atoms with E-state index in [1.54, 1.807) is 4.90 Å². The monoisotopic (exact) mass is 242 g/mol. The molecule has 0 aromatic heterocycles. The number of aliphatic hydroxyl groups is 2. The summed E-state index contributed by atoms with van der Waals surface area (Å²) in [4.78, 5) is 23.1. The van der Waals surface area contributed by atoms with Gasteiger partial charge in [-0.05, 0) is 0 Å². The Labute approximate surface area is 97.8 Å². The van der Waals surface area contributed by atoms with E-state index in [-0.39, 0.29) is 32.0 Å². The largest absolute Gasteiger partial charge is 0.395 e. The van der Waals surface area contributed by atoms with Crippen molar-refractivity contribution in [3.63, 3.8) is 0 Å². The molecule has 1 aliphatic rings. The third-order valence-corrected chi connectivity index (χ3v) is 2.41. The quantitative estimate of drug-likeness (QED) is 0.454. The van der Waals surface area contributed by atoms with Crippen molar-refractivity contribution in [2.24, 2.45) is 0 Å². The van der Waals surface area contributed by atoms with Gasteiger partial charge in [0.2, 0.25) is 0 Å². The highest BCUT2D eigenvalue weighted by atomic mass is 16.6. The minimum absolute atomic E-state index is 0.149. The summed E-state index contributed by atoms with van der Waals surface area (Å²) in [7, 11) is 0. The van der Waals surface area contributed by atoms with E-state index in [1.807, 2.05) is 0 Å². The lowest BCUT2D eigenvalue weighted by Gasteiger charge is -2.27. The van der Waals surface area contributed by atoms with E-state index in [4.69, 9.17) is 10.2 Å². The normalized spacial score (nSPS) is 19.6. The second-order valence-corrected chi connectivity index (χ2v) is 3.52. The Bertz CT molecular complexity index is 358. The summed E-state index contributed by atoms with van der Waals surface area (Å²) in [5, 5.41) is 28.1. The molecule has 1 aliphatic carbocycles. The van der Waals surface area contributed by atoms with Crippen molar-refractivity contribution in [3.05, 3.63) is 34.0 Å². The van der Waals surface area contributed by atoms with Crippen LogP contribution in [0.2, 0.25) is 0 Å². The highest BCUT2D eigenvalue weighted by Gasteiger charge is 2.27. The lowest BCUT2D eigenvalue weighted by Crippen LogP contribution is -2.43. The van der Waals surface area contributed by atoms with Gasteiger partial charge >= 0.3 is 0 Å². The lowest BCUT2D eigenvalue weighted by atomic mass is 10.0. The predicted octanol–water partition coefficient (Wildman–Crippen LogP) is -1.06. The van der Waals surface area contributed by atoms with Crippen LogP contribution in [0.3, 0.4) is 0 Å². The van der Waals surface area contributed by atoms with Crippen LogP contribution in [-0.4, -0.2) is 58.2 Å². The van der Waals surface area contributed by atoms with Gasteiger partial charge in [-0.1, -0.05) is 6.08 Å². The molecule has 0 bridgehead atoms. The maximum atomic E-state index is 11.7. The first-order chi connectivity index (χ1) is 8.10. The molecule has 0 amide bonds. The summed E-state index contributed by atoms with van der Waals surface area (Å²) >= 11 is 0. The number of hydrogen-bond acceptors (Lipinski definition) is 6. The molecule has 1 atom stereocenters. The van der Waals surface area contributed by atoms with Crippen LogP contribution < -0.4 is 0 Å². The van der Waals surface area contributed by atoms with Crippen LogP contribution in [0.15, 0.2) is 23.9 Å². The van der Waals surface area contributed by atoms with Crippen molar-refractivity contribution in [2.75, 3.05) is 26.3 Å². The summed E-state index contributed by atoms with van der Waals surface area (Å²) in [6.45, 7) is 0.152. The third kappa shape index (κ3) is 3.45. The number of hydrogen-bond donors (Lipinski definition) is 2. The number of ketones is 1. The summed E-state index contributed by atoms with van der Waals surface area (Å²) in [6.07, 6.45) is 3.63. The Kier molecular flexibility index (Phi) is 4.95. The first kappa shape index (κ1) is 13.5. The van der Waals surface area contributed by atoms with Crippen molar-refractivity contribution in [1.82, 2.24) is 4.90 Å². The first-order valence-electron chi connectivity index (χ1n) is 5.14. The van der Waals surface area contributed by atoms with Crippen LogP contribution >= 0.6 is 0 Å². The number of aliphatic hydroxyl groups excluding tert-OH is 2. The van der Waals surface area contributed by atoms with Gasteiger partial charge in [-0.15, -0.1) is 0 Å². The van der Waals surface area contributed by atoms with Gasteiger partial charge in [0.1, 0.15) is 0 Å². The highest BCUT2D eigenvalue weighted by Crippen LogP contribution is 2.13. The number of nitrogens with zero attached hydrogens (tertiary/aromatic N) is 2. The molecule has 0 aliphatic heterocycles. The van der Waals surface area contributed by atoms with E-state index in [0.717, 1.165) is 6.08 Å². The molecule has 0 heterocycles. The van der Waals surface area contributed by atoms with Crippen LogP contribution in [-0.2, 0) is 4.79 Å². The molecular weight excluding hydrogens is 228 g/mol. The van der Waals surface area contributed by atoms with Gasteiger partial charge < -0.3 is 10.2 Å². The van der Waals surface area contributed by atoms with Crippen molar-refractivity contribution < 1.29 is 19.9 Å². The molecule has 0 aromatic rings. The molecule has 0 aromatic carbocycles.